The van der Waals surface area contributed by atoms with Gasteiger partial charge in [0, 0.05) is 17.6 Å². The van der Waals surface area contributed by atoms with Crippen LogP contribution in [0, 0.1) is 19.8 Å². The molecule has 0 radical (unpaired) electrons. The quantitative estimate of drug-likeness (QED) is 0.556. The van der Waals surface area contributed by atoms with Crippen molar-refractivity contribution >= 4 is 22.6 Å². The molecule has 1 saturated heterocycles. The van der Waals surface area contributed by atoms with E-state index in [0.29, 0.717) is 0 Å². The molecule has 29 heavy (non-hydrogen) atoms. The van der Waals surface area contributed by atoms with Gasteiger partial charge in [0.1, 0.15) is 11.6 Å². The van der Waals surface area contributed by atoms with Crippen LogP contribution in [-0.2, 0) is 6.42 Å². The van der Waals surface area contributed by atoms with Gasteiger partial charge < -0.3 is 9.88 Å². The van der Waals surface area contributed by atoms with Gasteiger partial charge in [-0.25, -0.2) is 15.0 Å². The Labute approximate surface area is 177 Å². The standard InChI is InChI=1S/C23H30ClN5/c1-15-19(24)8-9-20-22(15)28-23(27-20)18-14-25-21(26-16(18)2)7-5-4-6-17-10-12-29(3)13-11-17/h8-9,14,17H,4-7,10-13H2,1-3H3,(H,27,28). The highest BCUT2D eigenvalue weighted by Gasteiger charge is 2.16. The van der Waals surface area contributed by atoms with Crippen LogP contribution in [0.25, 0.3) is 22.4 Å². The first-order valence-electron chi connectivity index (χ1n) is 10.7. The number of aromatic amines is 1. The Morgan fingerprint density at radius 3 is 2.69 bits per heavy atom. The maximum absolute atomic E-state index is 6.23. The number of halogens is 1. The molecule has 1 fully saturated rings. The summed E-state index contributed by atoms with van der Waals surface area (Å²) in [6, 6.07) is 3.87. The molecule has 6 heteroatoms. The third kappa shape index (κ3) is 4.62. The summed E-state index contributed by atoms with van der Waals surface area (Å²) in [6.07, 6.45) is 9.32. The first-order valence-corrected chi connectivity index (χ1v) is 11.1. The lowest BCUT2D eigenvalue weighted by Crippen LogP contribution is -2.30. The fraction of sp³-hybridized carbons (Fsp3) is 0.522. The number of likely N-dealkylation sites (tertiary alicyclic amines) is 1. The highest BCUT2D eigenvalue weighted by Crippen LogP contribution is 2.28. The number of nitrogens with one attached hydrogen (secondary N) is 1. The van der Waals surface area contributed by atoms with E-state index in [4.69, 9.17) is 21.6 Å². The summed E-state index contributed by atoms with van der Waals surface area (Å²) in [5.74, 6) is 2.64. The molecule has 1 aromatic carbocycles. The molecular formula is C23H30ClN5. The minimum absolute atomic E-state index is 0.735. The highest BCUT2D eigenvalue weighted by atomic mass is 35.5. The summed E-state index contributed by atoms with van der Waals surface area (Å²) in [5.41, 5.74) is 4.80. The number of hydrogen-bond donors (Lipinski definition) is 1. The number of rotatable bonds is 6. The number of H-pyrrole nitrogens is 1. The van der Waals surface area contributed by atoms with Crippen LogP contribution in [0.15, 0.2) is 18.3 Å². The molecule has 0 saturated carbocycles. The lowest BCUT2D eigenvalue weighted by Gasteiger charge is -2.28. The summed E-state index contributed by atoms with van der Waals surface area (Å²) < 4.78 is 0. The third-order valence-electron chi connectivity index (χ3n) is 6.23. The normalized spacial score (nSPS) is 16.0. The van der Waals surface area contributed by atoms with Crippen LogP contribution >= 0.6 is 11.6 Å². The van der Waals surface area contributed by atoms with Crippen molar-refractivity contribution in [3.8, 4) is 11.4 Å². The summed E-state index contributed by atoms with van der Waals surface area (Å²) in [6.45, 7) is 6.53. The Morgan fingerprint density at radius 2 is 1.93 bits per heavy atom. The number of hydrogen-bond acceptors (Lipinski definition) is 4. The van der Waals surface area contributed by atoms with E-state index in [9.17, 15) is 0 Å². The summed E-state index contributed by atoms with van der Waals surface area (Å²) >= 11 is 6.23. The van der Waals surface area contributed by atoms with Crippen molar-refractivity contribution in [3.63, 3.8) is 0 Å². The lowest BCUT2D eigenvalue weighted by molar-refractivity contribution is 0.209. The minimum Gasteiger partial charge on any atom is -0.338 e. The fourth-order valence-electron chi connectivity index (χ4n) is 4.25. The predicted octanol–water partition coefficient (Wildman–Crippen LogP) is 5.34. The van der Waals surface area contributed by atoms with Crippen LogP contribution < -0.4 is 0 Å². The Hall–Kier alpha value is -1.98. The number of fused-ring (bicyclic) bond motifs is 1. The molecule has 0 atom stereocenters. The summed E-state index contributed by atoms with van der Waals surface area (Å²) in [4.78, 5) is 19.9. The molecule has 1 aliphatic rings. The Bertz CT molecular complexity index is 988. The van der Waals surface area contributed by atoms with Crippen molar-refractivity contribution in [2.24, 2.45) is 5.92 Å². The van der Waals surface area contributed by atoms with Crippen LogP contribution in [-0.4, -0.2) is 45.0 Å². The van der Waals surface area contributed by atoms with Gasteiger partial charge >= 0.3 is 0 Å². The van der Waals surface area contributed by atoms with Crippen LogP contribution in [0.2, 0.25) is 5.02 Å². The van der Waals surface area contributed by atoms with Gasteiger partial charge in [-0.15, -0.1) is 0 Å². The summed E-state index contributed by atoms with van der Waals surface area (Å²) in [7, 11) is 2.22. The molecular weight excluding hydrogens is 382 g/mol. The Morgan fingerprint density at radius 1 is 1.14 bits per heavy atom. The number of imidazole rings is 1. The zero-order valence-electron chi connectivity index (χ0n) is 17.6. The fourth-order valence-corrected chi connectivity index (χ4v) is 4.40. The van der Waals surface area contributed by atoms with E-state index in [1.165, 1.54) is 38.8 Å². The van der Waals surface area contributed by atoms with E-state index >= 15 is 0 Å². The van der Waals surface area contributed by atoms with Crippen LogP contribution in [0.3, 0.4) is 0 Å². The SMILES string of the molecule is Cc1nc(CCCCC2CCN(C)CC2)ncc1-c1nc2c(C)c(Cl)ccc2[nH]1. The molecule has 0 unspecified atom stereocenters. The average molecular weight is 412 g/mol. The molecule has 4 rings (SSSR count). The summed E-state index contributed by atoms with van der Waals surface area (Å²) in [5, 5.41) is 0.735. The Kier molecular flexibility index (Phi) is 6.16. The minimum atomic E-state index is 0.735. The van der Waals surface area contributed by atoms with Gasteiger partial charge in [0.15, 0.2) is 0 Å². The van der Waals surface area contributed by atoms with E-state index in [1.807, 2.05) is 32.2 Å². The molecule has 3 aromatic rings. The smallest absolute Gasteiger partial charge is 0.141 e. The van der Waals surface area contributed by atoms with Crippen molar-refractivity contribution in [3.05, 3.63) is 40.4 Å². The topological polar surface area (TPSA) is 57.7 Å². The molecule has 0 bridgehead atoms. The van der Waals surface area contributed by atoms with Gasteiger partial charge in [-0.2, -0.15) is 0 Å². The van der Waals surface area contributed by atoms with E-state index in [-0.39, 0.29) is 0 Å². The molecule has 1 aliphatic heterocycles. The van der Waals surface area contributed by atoms with Gasteiger partial charge in [0.2, 0.25) is 0 Å². The maximum atomic E-state index is 6.23. The second-order valence-corrected chi connectivity index (χ2v) is 8.84. The highest BCUT2D eigenvalue weighted by molar-refractivity contribution is 6.32. The van der Waals surface area contributed by atoms with Crippen LogP contribution in [0.5, 0.6) is 0 Å². The number of piperidine rings is 1. The first kappa shape index (κ1) is 20.3. The van der Waals surface area contributed by atoms with Crippen molar-refractivity contribution in [1.82, 2.24) is 24.8 Å². The van der Waals surface area contributed by atoms with Gasteiger partial charge in [0.05, 0.1) is 22.3 Å². The van der Waals surface area contributed by atoms with E-state index in [1.54, 1.807) is 0 Å². The molecule has 0 amide bonds. The van der Waals surface area contributed by atoms with E-state index < -0.39 is 0 Å². The molecule has 2 aromatic heterocycles. The number of unbranched alkanes of at least 4 members (excludes halogenated alkanes) is 1. The number of benzene rings is 1. The lowest BCUT2D eigenvalue weighted by atomic mass is 9.91. The molecule has 154 valence electrons. The molecule has 3 heterocycles. The monoisotopic (exact) mass is 411 g/mol. The number of nitrogens with zero attached hydrogens (tertiary/aromatic N) is 4. The zero-order valence-corrected chi connectivity index (χ0v) is 18.4. The van der Waals surface area contributed by atoms with Crippen molar-refractivity contribution in [1.29, 1.82) is 0 Å². The predicted molar refractivity (Wildman–Crippen MR) is 119 cm³/mol. The second kappa shape index (κ2) is 8.80. The largest absolute Gasteiger partial charge is 0.338 e. The molecule has 5 nitrogen and oxygen atoms in total. The number of aromatic nitrogens is 4. The third-order valence-corrected chi connectivity index (χ3v) is 6.64. The average Bonchev–Trinajstić information content (AvgIpc) is 3.14. The first-order chi connectivity index (χ1) is 14.0. The van der Waals surface area contributed by atoms with Crippen molar-refractivity contribution in [2.45, 2.75) is 52.4 Å². The van der Waals surface area contributed by atoms with Crippen LogP contribution in [0.4, 0.5) is 0 Å². The van der Waals surface area contributed by atoms with Gasteiger partial charge in [-0.3, -0.25) is 0 Å². The second-order valence-electron chi connectivity index (χ2n) is 8.43. The molecule has 1 N–H and O–H groups in total. The van der Waals surface area contributed by atoms with Crippen molar-refractivity contribution < 1.29 is 0 Å². The van der Waals surface area contributed by atoms with Crippen LogP contribution in [0.1, 0.15) is 49.2 Å². The van der Waals surface area contributed by atoms with Gasteiger partial charge in [0.25, 0.3) is 0 Å². The molecule has 0 spiro atoms. The zero-order chi connectivity index (χ0) is 20.4. The maximum Gasteiger partial charge on any atom is 0.141 e. The van der Waals surface area contributed by atoms with E-state index in [2.05, 4.69) is 21.9 Å². The van der Waals surface area contributed by atoms with Gasteiger partial charge in [-0.1, -0.05) is 24.4 Å². The Balaban J connectivity index is 1.37. The van der Waals surface area contributed by atoms with E-state index in [0.717, 1.165) is 63.3 Å². The van der Waals surface area contributed by atoms with Gasteiger partial charge in [-0.05, 0) is 76.9 Å². The van der Waals surface area contributed by atoms with Crippen molar-refractivity contribution in [2.75, 3.05) is 20.1 Å². The number of aryl methyl sites for hydroxylation is 3. The molecule has 0 aliphatic carbocycles.